The van der Waals surface area contributed by atoms with Gasteiger partial charge < -0.3 is 5.11 Å². The van der Waals surface area contributed by atoms with E-state index >= 15 is 0 Å². The molecule has 0 bridgehead atoms. The lowest BCUT2D eigenvalue weighted by Gasteiger charge is -2.17. The molecule has 1 N–H and O–H groups in total. The summed E-state index contributed by atoms with van der Waals surface area (Å²) in [5, 5.41) is 8.76. The third-order valence-corrected chi connectivity index (χ3v) is 2.24. The van der Waals surface area contributed by atoms with Gasteiger partial charge in [0, 0.05) is 11.1 Å². The lowest BCUT2D eigenvalue weighted by atomic mass is 9.96. The van der Waals surface area contributed by atoms with Gasteiger partial charge in [0.25, 0.3) is 0 Å². The molecule has 0 saturated carbocycles. The molecule has 0 amide bonds. The Kier molecular flexibility index (Phi) is 3.70. The zero-order valence-corrected chi connectivity index (χ0v) is 8.56. The number of alkyl halides is 6. The Morgan fingerprint density at radius 1 is 1.00 bits per heavy atom. The van der Waals surface area contributed by atoms with Crippen molar-refractivity contribution in [3.05, 3.63) is 34.4 Å². The molecule has 0 aliphatic heterocycles. The molecular weight excluding hydrogens is 266 g/mol. The van der Waals surface area contributed by atoms with E-state index in [-0.39, 0.29) is 18.4 Å². The number of carbonyl (C=O) groups is 1. The van der Waals surface area contributed by atoms with Crippen molar-refractivity contribution >= 4 is 6.29 Å². The minimum Gasteiger partial charge on any atom is -0.392 e. The van der Waals surface area contributed by atoms with Crippen LogP contribution in [-0.2, 0) is 19.0 Å². The normalized spacial score (nSPS) is 12.6. The van der Waals surface area contributed by atoms with Gasteiger partial charge in [-0.1, -0.05) is 0 Å². The number of carbonyl (C=O) groups excluding carboxylic acids is 1. The zero-order valence-electron chi connectivity index (χ0n) is 8.56. The molecule has 0 saturated heterocycles. The average Bonchev–Trinajstić information content (AvgIpc) is 2.24. The Bertz CT molecular complexity index is 461. The summed E-state index contributed by atoms with van der Waals surface area (Å²) in [5.74, 6) is 0. The molecule has 0 aliphatic carbocycles. The molecule has 8 heteroatoms. The lowest BCUT2D eigenvalue weighted by Crippen LogP contribution is -2.17. The van der Waals surface area contributed by atoms with Gasteiger partial charge in [-0.2, -0.15) is 26.3 Å². The van der Waals surface area contributed by atoms with Gasteiger partial charge in [0.05, 0.1) is 17.7 Å². The summed E-state index contributed by atoms with van der Waals surface area (Å²) in [6.45, 7) is -1.31. The maximum absolute atomic E-state index is 12.5. The Balaban J connectivity index is 3.62. The summed E-state index contributed by atoms with van der Waals surface area (Å²) in [6.07, 6.45) is -10.3. The smallest absolute Gasteiger partial charge is 0.392 e. The van der Waals surface area contributed by atoms with Crippen LogP contribution in [-0.4, -0.2) is 11.4 Å². The van der Waals surface area contributed by atoms with Crippen molar-refractivity contribution in [2.75, 3.05) is 0 Å². The quantitative estimate of drug-likeness (QED) is 0.663. The second kappa shape index (κ2) is 4.60. The van der Waals surface area contributed by atoms with Crippen molar-refractivity contribution < 1.29 is 36.2 Å². The SMILES string of the molecule is O=Cc1c(C(F)(F)F)ccc(C(F)(F)F)c1CO. The van der Waals surface area contributed by atoms with Gasteiger partial charge in [0.15, 0.2) is 6.29 Å². The van der Waals surface area contributed by atoms with Gasteiger partial charge in [0.2, 0.25) is 0 Å². The van der Waals surface area contributed by atoms with E-state index in [0.29, 0.717) is 0 Å². The molecule has 0 unspecified atom stereocenters. The maximum atomic E-state index is 12.5. The Hall–Kier alpha value is -1.57. The highest BCUT2D eigenvalue weighted by molar-refractivity contribution is 5.81. The maximum Gasteiger partial charge on any atom is 0.417 e. The van der Waals surface area contributed by atoms with Gasteiger partial charge in [0.1, 0.15) is 0 Å². The van der Waals surface area contributed by atoms with Gasteiger partial charge in [-0.25, -0.2) is 0 Å². The molecule has 0 atom stereocenters. The number of halogens is 6. The van der Waals surface area contributed by atoms with Crippen molar-refractivity contribution in [1.82, 2.24) is 0 Å². The summed E-state index contributed by atoms with van der Waals surface area (Å²) in [4.78, 5) is 10.6. The Morgan fingerprint density at radius 2 is 1.44 bits per heavy atom. The van der Waals surface area contributed by atoms with E-state index in [1.165, 1.54) is 0 Å². The van der Waals surface area contributed by atoms with Crippen molar-refractivity contribution in [2.45, 2.75) is 19.0 Å². The van der Waals surface area contributed by atoms with Crippen LogP contribution < -0.4 is 0 Å². The molecule has 0 heterocycles. The standard InChI is InChI=1S/C10H6F6O2/c11-9(12,13)7-1-2-8(10(14,15)16)6(4-18)5(7)3-17/h1-3,18H,4H2. The first-order chi connectivity index (χ1) is 8.12. The van der Waals surface area contributed by atoms with Gasteiger partial charge in [-0.15, -0.1) is 0 Å². The van der Waals surface area contributed by atoms with Crippen LogP contribution in [0.3, 0.4) is 0 Å². The van der Waals surface area contributed by atoms with Crippen LogP contribution in [0.5, 0.6) is 0 Å². The van der Waals surface area contributed by atoms with E-state index in [1.54, 1.807) is 0 Å². The molecule has 1 aromatic rings. The van der Waals surface area contributed by atoms with Crippen LogP contribution in [0.4, 0.5) is 26.3 Å². The van der Waals surface area contributed by atoms with Gasteiger partial charge in [-0.3, -0.25) is 4.79 Å². The molecule has 0 aliphatic rings. The van der Waals surface area contributed by atoms with E-state index in [9.17, 15) is 31.1 Å². The van der Waals surface area contributed by atoms with Gasteiger partial charge in [-0.05, 0) is 12.1 Å². The Morgan fingerprint density at radius 3 is 1.78 bits per heavy atom. The van der Waals surface area contributed by atoms with Crippen LogP contribution in [0.1, 0.15) is 27.0 Å². The number of hydrogen-bond donors (Lipinski definition) is 1. The number of rotatable bonds is 2. The summed E-state index contributed by atoms with van der Waals surface area (Å²) in [7, 11) is 0. The predicted molar refractivity (Wildman–Crippen MR) is 47.8 cm³/mol. The van der Waals surface area contributed by atoms with Crippen molar-refractivity contribution in [3.63, 3.8) is 0 Å². The third kappa shape index (κ3) is 2.63. The molecule has 0 fully saturated rings. The van der Waals surface area contributed by atoms with Crippen molar-refractivity contribution in [1.29, 1.82) is 0 Å². The second-order valence-corrected chi connectivity index (χ2v) is 3.32. The van der Waals surface area contributed by atoms with Crippen LogP contribution in [0, 0.1) is 0 Å². The van der Waals surface area contributed by atoms with E-state index in [2.05, 4.69) is 0 Å². The van der Waals surface area contributed by atoms with E-state index in [1.807, 2.05) is 0 Å². The first-order valence-electron chi connectivity index (χ1n) is 4.49. The monoisotopic (exact) mass is 272 g/mol. The molecule has 100 valence electrons. The van der Waals surface area contributed by atoms with Crippen molar-refractivity contribution in [3.8, 4) is 0 Å². The van der Waals surface area contributed by atoms with E-state index in [0.717, 1.165) is 0 Å². The second-order valence-electron chi connectivity index (χ2n) is 3.32. The highest BCUT2D eigenvalue weighted by Crippen LogP contribution is 2.38. The van der Waals surface area contributed by atoms with E-state index < -0.39 is 41.2 Å². The summed E-state index contributed by atoms with van der Waals surface area (Å²) >= 11 is 0. The number of aliphatic hydroxyl groups excluding tert-OH is 1. The Labute approximate surface area is 96.8 Å². The molecule has 2 nitrogen and oxygen atoms in total. The largest absolute Gasteiger partial charge is 0.417 e. The minimum atomic E-state index is -4.97. The lowest BCUT2D eigenvalue weighted by molar-refractivity contribution is -0.142. The van der Waals surface area contributed by atoms with Crippen molar-refractivity contribution in [2.24, 2.45) is 0 Å². The zero-order chi connectivity index (χ0) is 14.1. The van der Waals surface area contributed by atoms with Crippen LogP contribution in [0.25, 0.3) is 0 Å². The molecular formula is C10H6F6O2. The average molecular weight is 272 g/mol. The summed E-state index contributed by atoms with van der Waals surface area (Å²) < 4.78 is 74.8. The highest BCUT2D eigenvalue weighted by atomic mass is 19.4. The van der Waals surface area contributed by atoms with Crippen LogP contribution in [0.15, 0.2) is 12.1 Å². The van der Waals surface area contributed by atoms with Crippen LogP contribution >= 0.6 is 0 Å². The topological polar surface area (TPSA) is 37.3 Å². The molecule has 0 radical (unpaired) electrons. The molecule has 0 aromatic heterocycles. The molecule has 1 rings (SSSR count). The summed E-state index contributed by atoms with van der Waals surface area (Å²) in [6, 6.07) is 0.368. The molecule has 0 spiro atoms. The van der Waals surface area contributed by atoms with Gasteiger partial charge >= 0.3 is 12.4 Å². The summed E-state index contributed by atoms with van der Waals surface area (Å²) in [5.41, 5.74) is -5.23. The molecule has 18 heavy (non-hydrogen) atoms. The predicted octanol–water partition coefficient (Wildman–Crippen LogP) is 3.03. The molecule has 1 aromatic carbocycles. The highest BCUT2D eigenvalue weighted by Gasteiger charge is 2.39. The number of aliphatic hydroxyl groups is 1. The number of aldehydes is 1. The third-order valence-electron chi connectivity index (χ3n) is 2.24. The fraction of sp³-hybridized carbons (Fsp3) is 0.300. The van der Waals surface area contributed by atoms with Crippen LogP contribution in [0.2, 0.25) is 0 Å². The first kappa shape index (κ1) is 14.5. The van der Waals surface area contributed by atoms with E-state index in [4.69, 9.17) is 5.11 Å². The number of hydrogen-bond acceptors (Lipinski definition) is 2. The fourth-order valence-corrected chi connectivity index (χ4v) is 1.48. The first-order valence-corrected chi connectivity index (χ1v) is 4.49. The minimum absolute atomic E-state index is 0.172. The fourth-order valence-electron chi connectivity index (χ4n) is 1.48. The number of benzene rings is 1.